The Balaban J connectivity index is 0.000000399. The van der Waals surface area contributed by atoms with Crippen LogP contribution in [0.4, 0.5) is 13.2 Å². The van der Waals surface area contributed by atoms with Crippen LogP contribution in [0.15, 0.2) is 30.3 Å². The number of carboxylic acids is 1. The second-order valence-corrected chi connectivity index (χ2v) is 3.61. The fraction of sp³-hybridized carbons (Fsp3) is 0.333. The average molecular weight is 277 g/mol. The molecule has 0 aliphatic heterocycles. The summed E-state index contributed by atoms with van der Waals surface area (Å²) >= 11 is 0. The van der Waals surface area contributed by atoms with Crippen LogP contribution in [-0.2, 0) is 16.0 Å². The van der Waals surface area contributed by atoms with Crippen molar-refractivity contribution < 1.29 is 27.9 Å². The van der Waals surface area contributed by atoms with Crippen LogP contribution < -0.4 is 5.73 Å². The van der Waals surface area contributed by atoms with E-state index in [0.717, 1.165) is 12.8 Å². The van der Waals surface area contributed by atoms with Gasteiger partial charge in [0, 0.05) is 6.42 Å². The molecule has 0 aliphatic carbocycles. The number of benzene rings is 1. The molecule has 0 aliphatic rings. The minimum atomic E-state index is -5.08. The summed E-state index contributed by atoms with van der Waals surface area (Å²) in [6.07, 6.45) is -2.82. The predicted molar refractivity (Wildman–Crippen MR) is 62.3 cm³/mol. The number of rotatable bonds is 4. The number of aliphatic carboxylic acids is 1. The lowest BCUT2D eigenvalue weighted by molar-refractivity contribution is -0.192. The lowest BCUT2D eigenvalue weighted by atomic mass is 10.1. The smallest absolute Gasteiger partial charge is 0.475 e. The largest absolute Gasteiger partial charge is 0.490 e. The number of hydrogen-bond donors (Lipinski definition) is 2. The van der Waals surface area contributed by atoms with Crippen molar-refractivity contribution >= 4 is 11.9 Å². The van der Waals surface area contributed by atoms with Gasteiger partial charge in [0.1, 0.15) is 0 Å². The maximum absolute atomic E-state index is 10.6. The summed E-state index contributed by atoms with van der Waals surface area (Å²) in [5, 5.41) is 7.12. The van der Waals surface area contributed by atoms with E-state index in [2.05, 4.69) is 12.1 Å². The highest BCUT2D eigenvalue weighted by molar-refractivity contribution is 5.73. The molecule has 0 saturated carbocycles. The summed E-state index contributed by atoms with van der Waals surface area (Å²) < 4.78 is 31.7. The van der Waals surface area contributed by atoms with Crippen LogP contribution in [0, 0.1) is 0 Å². The van der Waals surface area contributed by atoms with Crippen molar-refractivity contribution in [3.8, 4) is 0 Å². The van der Waals surface area contributed by atoms with Gasteiger partial charge in [-0.2, -0.15) is 13.2 Å². The Labute approximate surface area is 108 Å². The number of hydrogen-bond acceptors (Lipinski definition) is 2. The lowest BCUT2D eigenvalue weighted by Crippen LogP contribution is -2.21. The molecule has 0 heterocycles. The topological polar surface area (TPSA) is 80.4 Å². The fourth-order valence-corrected chi connectivity index (χ4v) is 1.11. The number of carbonyl (C=O) groups is 2. The zero-order valence-electron chi connectivity index (χ0n) is 9.98. The quantitative estimate of drug-likeness (QED) is 0.884. The monoisotopic (exact) mass is 277 g/mol. The fourth-order valence-electron chi connectivity index (χ4n) is 1.11. The Kier molecular flexibility index (Phi) is 7.25. The van der Waals surface area contributed by atoms with E-state index >= 15 is 0 Å². The van der Waals surface area contributed by atoms with Crippen LogP contribution in [0.3, 0.4) is 0 Å². The van der Waals surface area contributed by atoms with Crippen LogP contribution >= 0.6 is 0 Å². The van der Waals surface area contributed by atoms with Gasteiger partial charge < -0.3 is 10.8 Å². The van der Waals surface area contributed by atoms with Gasteiger partial charge in [-0.25, -0.2) is 4.79 Å². The molecule has 19 heavy (non-hydrogen) atoms. The maximum Gasteiger partial charge on any atom is 0.490 e. The molecule has 1 rings (SSSR count). The standard InChI is InChI=1S/C10H13NO.C2HF3O2/c11-10(12)8-4-7-9-5-2-1-3-6-9;3-2(4,5)1(6)7/h1-3,5-6H,4,7-8H2,(H2,11,12);(H,6,7). The predicted octanol–water partition coefficient (Wildman–Crippen LogP) is 2.13. The van der Waals surface area contributed by atoms with E-state index in [1.165, 1.54) is 5.56 Å². The average Bonchev–Trinajstić information content (AvgIpc) is 2.29. The minimum absolute atomic E-state index is 0.217. The molecule has 0 atom stereocenters. The van der Waals surface area contributed by atoms with Crippen LogP contribution in [-0.4, -0.2) is 23.2 Å². The molecule has 7 heteroatoms. The van der Waals surface area contributed by atoms with Gasteiger partial charge in [-0.15, -0.1) is 0 Å². The van der Waals surface area contributed by atoms with E-state index in [-0.39, 0.29) is 5.91 Å². The molecule has 1 amide bonds. The van der Waals surface area contributed by atoms with Gasteiger partial charge in [0.05, 0.1) is 0 Å². The minimum Gasteiger partial charge on any atom is -0.475 e. The summed E-state index contributed by atoms with van der Waals surface area (Å²) in [4.78, 5) is 19.3. The van der Waals surface area contributed by atoms with Crippen molar-refractivity contribution in [1.29, 1.82) is 0 Å². The molecule has 3 N–H and O–H groups in total. The first kappa shape index (κ1) is 16.9. The highest BCUT2D eigenvalue weighted by atomic mass is 19.4. The summed E-state index contributed by atoms with van der Waals surface area (Å²) in [5.41, 5.74) is 6.28. The number of alkyl halides is 3. The van der Waals surface area contributed by atoms with Crippen molar-refractivity contribution in [3.63, 3.8) is 0 Å². The van der Waals surface area contributed by atoms with Crippen molar-refractivity contribution in [2.45, 2.75) is 25.4 Å². The first-order chi connectivity index (χ1) is 8.73. The summed E-state index contributed by atoms with van der Waals surface area (Å²) in [6.45, 7) is 0. The first-order valence-corrected chi connectivity index (χ1v) is 5.36. The molecule has 0 radical (unpaired) electrons. The van der Waals surface area contributed by atoms with Gasteiger partial charge in [-0.3, -0.25) is 4.79 Å². The Morgan fingerprint density at radius 3 is 2.00 bits per heavy atom. The first-order valence-electron chi connectivity index (χ1n) is 5.36. The zero-order valence-corrected chi connectivity index (χ0v) is 9.98. The molecule has 0 spiro atoms. The summed E-state index contributed by atoms with van der Waals surface area (Å²) in [7, 11) is 0. The third-order valence-corrected chi connectivity index (χ3v) is 1.97. The molecule has 4 nitrogen and oxygen atoms in total. The van der Waals surface area contributed by atoms with E-state index < -0.39 is 12.1 Å². The summed E-state index contributed by atoms with van der Waals surface area (Å²) in [5.74, 6) is -2.97. The van der Waals surface area contributed by atoms with E-state index in [0.29, 0.717) is 6.42 Å². The molecule has 0 unspecified atom stereocenters. The number of primary amides is 1. The molecule has 0 fully saturated rings. The van der Waals surface area contributed by atoms with Gasteiger partial charge in [0.15, 0.2) is 0 Å². The Morgan fingerprint density at radius 1 is 1.16 bits per heavy atom. The Morgan fingerprint density at radius 2 is 1.63 bits per heavy atom. The second kappa shape index (κ2) is 8.12. The molecule has 0 aromatic heterocycles. The number of carboxylic acid groups (broad SMARTS) is 1. The van der Waals surface area contributed by atoms with Crippen molar-refractivity contribution in [1.82, 2.24) is 0 Å². The Hall–Kier alpha value is -2.05. The molecule has 1 aromatic rings. The number of halogens is 3. The SMILES string of the molecule is NC(=O)CCCc1ccccc1.O=C(O)C(F)(F)F. The third-order valence-electron chi connectivity index (χ3n) is 1.97. The van der Waals surface area contributed by atoms with Crippen LogP contribution in [0.1, 0.15) is 18.4 Å². The zero-order chi connectivity index (χ0) is 14.9. The van der Waals surface area contributed by atoms with Gasteiger partial charge in [-0.05, 0) is 18.4 Å². The molecular weight excluding hydrogens is 263 g/mol. The van der Waals surface area contributed by atoms with Crippen molar-refractivity contribution in [2.24, 2.45) is 5.73 Å². The van der Waals surface area contributed by atoms with Crippen LogP contribution in [0.5, 0.6) is 0 Å². The highest BCUT2D eigenvalue weighted by Crippen LogP contribution is 2.13. The van der Waals surface area contributed by atoms with E-state index in [4.69, 9.17) is 15.6 Å². The second-order valence-electron chi connectivity index (χ2n) is 3.61. The normalized spacial score (nSPS) is 10.3. The molecule has 106 valence electrons. The molecule has 0 saturated heterocycles. The van der Waals surface area contributed by atoms with E-state index in [1.54, 1.807) is 0 Å². The van der Waals surface area contributed by atoms with Crippen molar-refractivity contribution in [2.75, 3.05) is 0 Å². The highest BCUT2D eigenvalue weighted by Gasteiger charge is 2.38. The molecule has 1 aromatic carbocycles. The van der Waals surface area contributed by atoms with Gasteiger partial charge in [0.2, 0.25) is 5.91 Å². The van der Waals surface area contributed by atoms with Gasteiger partial charge >= 0.3 is 12.1 Å². The number of nitrogens with two attached hydrogens (primary N) is 1. The van der Waals surface area contributed by atoms with Crippen LogP contribution in [0.2, 0.25) is 0 Å². The number of amides is 1. The van der Waals surface area contributed by atoms with Crippen molar-refractivity contribution in [3.05, 3.63) is 35.9 Å². The molecule has 0 bridgehead atoms. The van der Waals surface area contributed by atoms with Crippen LogP contribution in [0.25, 0.3) is 0 Å². The molecular formula is C12H14F3NO3. The maximum atomic E-state index is 10.6. The number of carbonyl (C=O) groups excluding carboxylic acids is 1. The Bertz CT molecular complexity index is 404. The third kappa shape index (κ3) is 9.63. The number of aryl methyl sites for hydroxylation is 1. The lowest BCUT2D eigenvalue weighted by Gasteiger charge is -1.97. The van der Waals surface area contributed by atoms with E-state index in [1.807, 2.05) is 18.2 Å². The summed E-state index contributed by atoms with van der Waals surface area (Å²) in [6, 6.07) is 10.1. The van der Waals surface area contributed by atoms with E-state index in [9.17, 15) is 18.0 Å². The van der Waals surface area contributed by atoms with Gasteiger partial charge in [0.25, 0.3) is 0 Å². The van der Waals surface area contributed by atoms with Gasteiger partial charge in [-0.1, -0.05) is 30.3 Å².